The number of hydrogen-bond acceptors (Lipinski definition) is 4. The Hall–Kier alpha value is -3.30. The number of rotatable bonds is 3. The molecule has 0 spiro atoms. The van der Waals surface area contributed by atoms with Gasteiger partial charge in [0.15, 0.2) is 0 Å². The molecule has 1 aliphatic heterocycles. The van der Waals surface area contributed by atoms with Gasteiger partial charge in [-0.25, -0.2) is 9.07 Å². The van der Waals surface area contributed by atoms with Crippen molar-refractivity contribution in [1.29, 1.82) is 0 Å². The maximum Gasteiger partial charge on any atom is 0.406 e. The molecule has 0 saturated carbocycles. The molecule has 1 amide bonds. The van der Waals surface area contributed by atoms with Crippen LogP contribution in [0, 0.1) is 12.7 Å². The summed E-state index contributed by atoms with van der Waals surface area (Å²) in [4.78, 5) is 17.8. The van der Waals surface area contributed by atoms with Gasteiger partial charge in [0.2, 0.25) is 0 Å². The monoisotopic (exact) mass is 419 g/mol. The first-order valence-electron chi connectivity index (χ1n) is 9.23. The van der Waals surface area contributed by atoms with Crippen molar-refractivity contribution in [2.24, 2.45) is 0 Å². The number of alkyl halides is 3. The molecule has 6 nitrogen and oxygen atoms in total. The molecule has 156 valence electrons. The van der Waals surface area contributed by atoms with E-state index in [1.807, 2.05) is 6.92 Å². The summed E-state index contributed by atoms with van der Waals surface area (Å²) in [6.45, 7) is 0.299. The van der Waals surface area contributed by atoms with Crippen molar-refractivity contribution < 1.29 is 22.4 Å². The third-order valence-corrected chi connectivity index (χ3v) is 4.96. The van der Waals surface area contributed by atoms with Crippen LogP contribution in [0.15, 0.2) is 42.7 Å². The minimum absolute atomic E-state index is 0.0649. The zero-order valence-corrected chi connectivity index (χ0v) is 15.9. The van der Waals surface area contributed by atoms with Gasteiger partial charge >= 0.3 is 6.18 Å². The van der Waals surface area contributed by atoms with Crippen molar-refractivity contribution in [1.82, 2.24) is 20.0 Å². The average Bonchev–Trinajstić information content (AvgIpc) is 3.11. The molecule has 0 aliphatic carbocycles. The van der Waals surface area contributed by atoms with E-state index in [0.29, 0.717) is 10.6 Å². The van der Waals surface area contributed by atoms with Gasteiger partial charge in [0.1, 0.15) is 24.1 Å². The van der Waals surface area contributed by atoms with Gasteiger partial charge in [0.25, 0.3) is 5.91 Å². The van der Waals surface area contributed by atoms with E-state index in [-0.39, 0.29) is 24.1 Å². The fraction of sp³-hybridized carbons (Fsp3) is 0.300. The molecule has 30 heavy (non-hydrogen) atoms. The van der Waals surface area contributed by atoms with Crippen molar-refractivity contribution in [3.63, 3.8) is 0 Å². The maximum atomic E-state index is 14.3. The van der Waals surface area contributed by atoms with Gasteiger partial charge in [-0.15, -0.1) is 5.10 Å². The second-order valence-electron chi connectivity index (χ2n) is 7.10. The minimum atomic E-state index is -4.64. The van der Waals surface area contributed by atoms with Crippen molar-refractivity contribution in [2.45, 2.75) is 32.0 Å². The number of nitrogens with zero attached hydrogens (tertiary/aromatic N) is 5. The molecule has 2 aromatic heterocycles. The second kappa shape index (κ2) is 7.51. The summed E-state index contributed by atoms with van der Waals surface area (Å²) < 4.78 is 55.2. The van der Waals surface area contributed by atoms with E-state index in [0.717, 1.165) is 11.3 Å². The molecular weight excluding hydrogens is 402 g/mol. The Morgan fingerprint density at radius 2 is 2.03 bits per heavy atom. The molecule has 0 fully saturated rings. The molecule has 3 aromatic rings. The summed E-state index contributed by atoms with van der Waals surface area (Å²) in [7, 11) is 0. The quantitative estimate of drug-likeness (QED) is 0.605. The number of aryl methyl sites for hydroxylation is 1. The lowest BCUT2D eigenvalue weighted by atomic mass is 10.1. The Bertz CT molecular complexity index is 1090. The number of aromatic nitrogens is 4. The van der Waals surface area contributed by atoms with Crippen LogP contribution in [0.2, 0.25) is 0 Å². The number of carbonyl (C=O) groups excluding carboxylic acids is 1. The summed E-state index contributed by atoms with van der Waals surface area (Å²) in [5.41, 5.74) is 1.96. The van der Waals surface area contributed by atoms with Crippen molar-refractivity contribution >= 4 is 11.6 Å². The highest BCUT2D eigenvalue weighted by Gasteiger charge is 2.40. The van der Waals surface area contributed by atoms with Gasteiger partial charge in [-0.3, -0.25) is 9.78 Å². The Morgan fingerprint density at radius 3 is 2.77 bits per heavy atom. The average molecular weight is 419 g/mol. The van der Waals surface area contributed by atoms with Crippen LogP contribution in [0.25, 0.3) is 11.3 Å². The molecule has 0 N–H and O–H groups in total. The zero-order valence-electron chi connectivity index (χ0n) is 15.9. The minimum Gasteiger partial charge on any atom is -0.301 e. The van der Waals surface area contributed by atoms with Crippen LogP contribution in [0.1, 0.15) is 23.7 Å². The Morgan fingerprint density at radius 1 is 1.23 bits per heavy atom. The van der Waals surface area contributed by atoms with Crippen LogP contribution in [-0.2, 0) is 11.2 Å². The second-order valence-corrected chi connectivity index (χ2v) is 7.10. The van der Waals surface area contributed by atoms with Crippen molar-refractivity contribution in [2.75, 3.05) is 11.4 Å². The number of hydrogen-bond donors (Lipinski definition) is 0. The molecule has 0 bridgehead atoms. The zero-order chi connectivity index (χ0) is 21.5. The largest absolute Gasteiger partial charge is 0.406 e. The normalized spacial score (nSPS) is 17.0. The Labute approximate surface area is 169 Å². The number of fused-ring (bicyclic) bond motifs is 1. The highest BCUT2D eigenvalue weighted by molar-refractivity contribution is 5.97. The van der Waals surface area contributed by atoms with Gasteiger partial charge in [-0.2, -0.15) is 13.2 Å². The molecule has 1 unspecified atom stereocenters. The van der Waals surface area contributed by atoms with Crippen LogP contribution < -0.4 is 4.90 Å². The first-order chi connectivity index (χ1) is 14.2. The highest BCUT2D eigenvalue weighted by Crippen LogP contribution is 2.35. The number of pyridine rings is 1. The predicted octanol–water partition coefficient (Wildman–Crippen LogP) is 3.87. The van der Waals surface area contributed by atoms with Gasteiger partial charge in [0.05, 0.1) is 11.9 Å². The Balaban J connectivity index is 1.72. The number of carbonyl (C=O) groups is 1. The molecule has 3 heterocycles. The van der Waals surface area contributed by atoms with E-state index in [9.17, 15) is 22.4 Å². The van der Waals surface area contributed by atoms with E-state index >= 15 is 0 Å². The van der Waals surface area contributed by atoms with Gasteiger partial charge < -0.3 is 4.90 Å². The van der Waals surface area contributed by atoms with Crippen LogP contribution in [-0.4, -0.2) is 38.6 Å². The van der Waals surface area contributed by atoms with E-state index in [1.165, 1.54) is 29.1 Å². The molecular formula is C20H17F4N5O. The standard InChI is InChI=1S/C20H17F4N5O/c1-12-9-13(7-8-25-12)16-10-29(27-26-16)18-6-5-14-15(21)3-2-4-17(14)28(19(18)30)11-20(22,23)24/h2-4,7-10,18H,5-6,11H2,1H3. The van der Waals surface area contributed by atoms with Gasteiger partial charge in [0, 0.05) is 23.0 Å². The summed E-state index contributed by atoms with van der Waals surface area (Å²) >= 11 is 0. The highest BCUT2D eigenvalue weighted by atomic mass is 19.4. The number of benzene rings is 1. The van der Waals surface area contributed by atoms with Crippen LogP contribution in [0.4, 0.5) is 23.2 Å². The summed E-state index contributed by atoms with van der Waals surface area (Å²) in [5.74, 6) is -1.45. The van der Waals surface area contributed by atoms with E-state index in [4.69, 9.17) is 0 Å². The van der Waals surface area contributed by atoms with E-state index in [1.54, 1.807) is 18.3 Å². The van der Waals surface area contributed by atoms with Crippen molar-refractivity contribution in [3.05, 3.63) is 59.8 Å². The van der Waals surface area contributed by atoms with Crippen molar-refractivity contribution in [3.8, 4) is 11.3 Å². The molecule has 1 aliphatic rings. The lowest BCUT2D eigenvalue weighted by Crippen LogP contribution is -2.42. The first-order valence-corrected chi connectivity index (χ1v) is 9.23. The van der Waals surface area contributed by atoms with E-state index < -0.39 is 30.5 Å². The Kier molecular flexibility index (Phi) is 5.00. The lowest BCUT2D eigenvalue weighted by molar-refractivity contribution is -0.134. The molecule has 4 rings (SSSR count). The number of amides is 1. The summed E-state index contributed by atoms with van der Waals surface area (Å²) in [5, 5.41) is 8.03. The fourth-order valence-corrected chi connectivity index (χ4v) is 3.60. The first kappa shape index (κ1) is 20.0. The molecule has 0 radical (unpaired) electrons. The van der Waals surface area contributed by atoms with Gasteiger partial charge in [-0.1, -0.05) is 11.3 Å². The third-order valence-electron chi connectivity index (χ3n) is 4.96. The molecule has 0 saturated heterocycles. The maximum absolute atomic E-state index is 14.3. The smallest absolute Gasteiger partial charge is 0.301 e. The SMILES string of the molecule is Cc1cc(-c2cn(C3CCc4c(F)cccc4N(CC(F)(F)F)C3=O)nn2)ccn1. The summed E-state index contributed by atoms with van der Waals surface area (Å²) in [6, 6.07) is 6.27. The van der Waals surface area contributed by atoms with E-state index in [2.05, 4.69) is 15.3 Å². The molecule has 1 aromatic carbocycles. The van der Waals surface area contributed by atoms with Crippen LogP contribution in [0.5, 0.6) is 0 Å². The number of anilines is 1. The van der Waals surface area contributed by atoms with Crippen LogP contribution >= 0.6 is 0 Å². The molecule has 1 atom stereocenters. The molecule has 10 heteroatoms. The summed E-state index contributed by atoms with van der Waals surface area (Å²) in [6.07, 6.45) is -1.34. The fourth-order valence-electron chi connectivity index (χ4n) is 3.60. The third kappa shape index (κ3) is 3.89. The number of halogens is 4. The van der Waals surface area contributed by atoms with Gasteiger partial charge in [-0.05, 0) is 44.0 Å². The topological polar surface area (TPSA) is 63.9 Å². The predicted molar refractivity (Wildman–Crippen MR) is 100 cm³/mol. The van der Waals surface area contributed by atoms with Crippen LogP contribution in [0.3, 0.4) is 0 Å². The lowest BCUT2D eigenvalue weighted by Gasteiger charge is -2.26.